The van der Waals surface area contributed by atoms with Crippen LogP contribution < -0.4 is 0 Å². The smallest absolute Gasteiger partial charge is 0.305 e. The Bertz CT molecular complexity index is 1530. The minimum absolute atomic E-state index is 0.0184. The van der Waals surface area contributed by atoms with E-state index >= 15 is 0 Å². The Morgan fingerprint density at radius 1 is 0.724 bits per heavy atom. The molecule has 0 radical (unpaired) electrons. The molecule has 1 aromatic heterocycles. The maximum Gasteiger partial charge on any atom is 0.305 e. The Morgan fingerprint density at radius 2 is 1.22 bits per heavy atom. The SMILES string of the molecule is CC(C)(C)[Si](C)(C)O[C@@H](CC[C@@H]1[C@@H](CCCCCCC(=O)OCC(CO)(CO)CO)[C@@H](O[Si](C)(C)C(C)(C)C)C[C@@H]1O[Si](C)(C)C(C)(C)C)c1cc2ccccc2s1. The van der Waals surface area contributed by atoms with Crippen molar-refractivity contribution in [3.63, 3.8) is 0 Å². The third-order valence-corrected chi connectivity index (χ3v) is 29.2. The number of esters is 1. The molecule has 1 saturated carbocycles. The largest absolute Gasteiger partial charge is 0.465 e. The van der Waals surface area contributed by atoms with Crippen LogP contribution in [-0.4, -0.2) is 84.9 Å². The van der Waals surface area contributed by atoms with Gasteiger partial charge in [0.15, 0.2) is 25.0 Å². The minimum Gasteiger partial charge on any atom is -0.465 e. The lowest BCUT2D eigenvalue weighted by atomic mass is 9.84. The molecule has 1 heterocycles. The molecule has 58 heavy (non-hydrogen) atoms. The van der Waals surface area contributed by atoms with Gasteiger partial charge in [-0.15, -0.1) is 11.3 Å². The lowest BCUT2D eigenvalue weighted by Gasteiger charge is -2.41. The predicted molar refractivity (Wildman–Crippen MR) is 250 cm³/mol. The fraction of sp³-hybridized carbons (Fsp3) is 0.804. The summed E-state index contributed by atoms with van der Waals surface area (Å²) in [6.45, 7) is 33.8. The third-order valence-electron chi connectivity index (χ3n) is 14.5. The summed E-state index contributed by atoms with van der Waals surface area (Å²) in [5, 5.41) is 30.3. The van der Waals surface area contributed by atoms with Gasteiger partial charge in [-0.05, 0) is 116 Å². The third kappa shape index (κ3) is 13.5. The molecule has 0 spiro atoms. The Morgan fingerprint density at radius 3 is 1.72 bits per heavy atom. The molecule has 5 atom stereocenters. The zero-order valence-electron chi connectivity index (χ0n) is 39.3. The summed E-state index contributed by atoms with van der Waals surface area (Å²) in [4.78, 5) is 13.8. The van der Waals surface area contributed by atoms with Crippen molar-refractivity contribution in [2.45, 2.75) is 193 Å². The normalized spacial score (nSPS) is 20.9. The molecule has 1 aliphatic rings. The topological polar surface area (TPSA) is 115 Å². The van der Waals surface area contributed by atoms with E-state index in [2.05, 4.69) is 132 Å². The molecule has 1 aromatic carbocycles. The van der Waals surface area contributed by atoms with Crippen molar-refractivity contribution in [2.75, 3.05) is 26.4 Å². The highest BCUT2D eigenvalue weighted by atomic mass is 32.1. The van der Waals surface area contributed by atoms with Crippen LogP contribution in [0.4, 0.5) is 0 Å². The summed E-state index contributed by atoms with van der Waals surface area (Å²) in [7, 11) is -6.31. The molecule has 3 rings (SSSR count). The lowest BCUT2D eigenvalue weighted by molar-refractivity contribution is -0.151. The van der Waals surface area contributed by atoms with Crippen molar-refractivity contribution in [2.24, 2.45) is 17.3 Å². The van der Waals surface area contributed by atoms with Crippen LogP contribution in [0.2, 0.25) is 54.4 Å². The summed E-state index contributed by atoms with van der Waals surface area (Å²) < 4.78 is 28.9. The summed E-state index contributed by atoms with van der Waals surface area (Å²) >= 11 is 1.88. The summed E-state index contributed by atoms with van der Waals surface area (Å²) in [6, 6.07) is 11.1. The van der Waals surface area contributed by atoms with Gasteiger partial charge >= 0.3 is 5.97 Å². The quantitative estimate of drug-likeness (QED) is 0.0609. The van der Waals surface area contributed by atoms with Crippen LogP contribution >= 0.6 is 11.3 Å². The Kier molecular flexibility index (Phi) is 18.2. The van der Waals surface area contributed by atoms with Gasteiger partial charge in [0.25, 0.3) is 0 Å². The summed E-state index contributed by atoms with van der Waals surface area (Å²) in [5.74, 6) is 0.328. The van der Waals surface area contributed by atoms with Gasteiger partial charge < -0.3 is 33.3 Å². The molecule has 0 aliphatic heterocycles. The molecule has 0 saturated heterocycles. The van der Waals surface area contributed by atoms with E-state index < -0.39 is 50.2 Å². The zero-order valence-corrected chi connectivity index (χ0v) is 43.1. The average Bonchev–Trinajstić information content (AvgIpc) is 3.67. The van der Waals surface area contributed by atoms with Crippen LogP contribution in [0.1, 0.15) is 131 Å². The van der Waals surface area contributed by atoms with Crippen molar-refractivity contribution in [3.8, 4) is 0 Å². The molecule has 12 heteroatoms. The van der Waals surface area contributed by atoms with Crippen molar-refractivity contribution in [3.05, 3.63) is 35.2 Å². The summed E-state index contributed by atoms with van der Waals surface area (Å²) in [6.07, 6.45) is 8.13. The predicted octanol–water partition coefficient (Wildman–Crippen LogP) is 12.0. The maximum absolute atomic E-state index is 12.5. The van der Waals surface area contributed by atoms with Gasteiger partial charge in [0.2, 0.25) is 0 Å². The van der Waals surface area contributed by atoms with Crippen LogP contribution in [0, 0.1) is 17.3 Å². The van der Waals surface area contributed by atoms with Crippen molar-refractivity contribution in [1.82, 2.24) is 0 Å². The number of ether oxygens (including phenoxy) is 1. The number of carbonyl (C=O) groups excluding carboxylic acids is 1. The van der Waals surface area contributed by atoms with Gasteiger partial charge in [-0.3, -0.25) is 4.79 Å². The molecule has 3 N–H and O–H groups in total. The van der Waals surface area contributed by atoms with Crippen molar-refractivity contribution in [1.29, 1.82) is 0 Å². The van der Waals surface area contributed by atoms with Gasteiger partial charge in [-0.2, -0.15) is 0 Å². The molecule has 1 fully saturated rings. The number of hydrogen-bond acceptors (Lipinski definition) is 9. The van der Waals surface area contributed by atoms with E-state index in [1.165, 1.54) is 15.0 Å². The number of hydrogen-bond donors (Lipinski definition) is 3. The first-order valence-electron chi connectivity index (χ1n) is 22.1. The maximum atomic E-state index is 12.5. The Labute approximate surface area is 360 Å². The number of benzene rings is 1. The molecule has 0 bridgehead atoms. The molecular weight excluding hydrogens is 797 g/mol. The first-order chi connectivity index (χ1) is 26.6. The number of rotatable bonds is 22. The van der Waals surface area contributed by atoms with E-state index in [0.717, 1.165) is 44.9 Å². The number of unbranched alkanes of at least 4 members (excludes halogenated alkanes) is 3. The van der Waals surface area contributed by atoms with E-state index in [9.17, 15) is 20.1 Å². The van der Waals surface area contributed by atoms with Crippen LogP contribution in [0.5, 0.6) is 0 Å². The highest BCUT2D eigenvalue weighted by molar-refractivity contribution is 7.19. The van der Waals surface area contributed by atoms with Crippen LogP contribution in [0.3, 0.4) is 0 Å². The number of carbonyl (C=O) groups is 1. The monoisotopic (exact) mass is 881 g/mol. The zero-order chi connectivity index (χ0) is 44.0. The lowest BCUT2D eigenvalue weighted by Crippen LogP contribution is -2.45. The van der Waals surface area contributed by atoms with E-state index in [-0.39, 0.29) is 52.4 Å². The van der Waals surface area contributed by atoms with Crippen LogP contribution in [-0.2, 0) is 22.8 Å². The van der Waals surface area contributed by atoms with E-state index in [1.807, 2.05) is 11.3 Å². The first-order valence-corrected chi connectivity index (χ1v) is 31.7. The van der Waals surface area contributed by atoms with Crippen molar-refractivity contribution < 1.29 is 38.1 Å². The number of thiophene rings is 1. The minimum atomic E-state index is -2.11. The highest BCUT2D eigenvalue weighted by Gasteiger charge is 2.51. The molecule has 2 aromatic rings. The summed E-state index contributed by atoms with van der Waals surface area (Å²) in [5.41, 5.74) is -1.21. The van der Waals surface area contributed by atoms with Crippen LogP contribution in [0.25, 0.3) is 10.1 Å². The number of fused-ring (bicyclic) bond motifs is 1. The molecule has 0 unspecified atom stereocenters. The second-order valence-corrected chi connectivity index (χ2v) is 37.5. The van der Waals surface area contributed by atoms with E-state index in [0.29, 0.717) is 18.3 Å². The molecular formula is C46H84O8SSi3. The first kappa shape index (κ1) is 51.4. The van der Waals surface area contributed by atoms with Gasteiger partial charge in [0.1, 0.15) is 6.61 Å². The average molecular weight is 881 g/mol. The Hall–Kier alpha value is -0.939. The van der Waals surface area contributed by atoms with E-state index in [1.54, 1.807) is 0 Å². The molecule has 8 nitrogen and oxygen atoms in total. The van der Waals surface area contributed by atoms with Crippen LogP contribution in [0.15, 0.2) is 30.3 Å². The molecule has 334 valence electrons. The molecule has 0 amide bonds. The van der Waals surface area contributed by atoms with Gasteiger partial charge in [-0.1, -0.05) is 99.8 Å². The van der Waals surface area contributed by atoms with Gasteiger partial charge in [0.05, 0.1) is 43.5 Å². The highest BCUT2D eigenvalue weighted by Crippen LogP contribution is 2.51. The number of aliphatic hydroxyl groups is 3. The fourth-order valence-electron chi connectivity index (χ4n) is 7.20. The molecule has 1 aliphatic carbocycles. The fourth-order valence-corrected chi connectivity index (χ4v) is 12.5. The van der Waals surface area contributed by atoms with Gasteiger partial charge in [-0.25, -0.2) is 0 Å². The Balaban J connectivity index is 1.91. The number of aliphatic hydroxyl groups excluding tert-OH is 3. The van der Waals surface area contributed by atoms with Crippen molar-refractivity contribution >= 4 is 52.3 Å². The second kappa shape index (κ2) is 20.5. The van der Waals surface area contributed by atoms with Gasteiger partial charge in [0, 0.05) is 16.0 Å². The second-order valence-electron chi connectivity index (χ2n) is 22.1. The van der Waals surface area contributed by atoms with E-state index in [4.69, 9.17) is 18.0 Å². The standard InChI is InChI=1S/C46H84O8SSi3/c1-43(2,3)56(10,11)52-37(41-28-34-22-20-21-24-40(34)55-41)27-26-36-35(23-18-16-17-19-25-42(50)51-33-46(30-47,31-48)32-49)38(53-57(12,13)44(4,5)6)29-39(36)54-58(14,15)45(7,8)9/h20-22,24,28,35-39,47-49H,16-19,23,25-27,29-33H2,1-15H3/t35-,36-,37+,38+,39+/m1/s1.